The van der Waals surface area contributed by atoms with Crippen LogP contribution in [0, 0.1) is 0 Å². The van der Waals surface area contributed by atoms with Gasteiger partial charge in [0.25, 0.3) is 0 Å². The van der Waals surface area contributed by atoms with Crippen molar-refractivity contribution in [2.45, 2.75) is 12.8 Å². The molecule has 0 atom stereocenters. The summed E-state index contributed by atoms with van der Waals surface area (Å²) in [7, 11) is 0. The number of aliphatic carboxylic acids is 1. The molecule has 0 bridgehead atoms. The van der Waals surface area contributed by atoms with Crippen molar-refractivity contribution >= 4 is 17.3 Å². The van der Waals surface area contributed by atoms with E-state index < -0.39 is 5.97 Å². The molecular formula is C12H11NO2S. The summed E-state index contributed by atoms with van der Waals surface area (Å²) in [6.07, 6.45) is 0.699. The number of aryl methyl sites for hydroxylation is 1. The van der Waals surface area contributed by atoms with Gasteiger partial charge in [0, 0.05) is 17.4 Å². The normalized spacial score (nSPS) is 10.2. The lowest BCUT2D eigenvalue weighted by Crippen LogP contribution is -1.98. The van der Waals surface area contributed by atoms with Gasteiger partial charge in [-0.25, -0.2) is 4.98 Å². The van der Waals surface area contributed by atoms with Crippen molar-refractivity contribution in [1.29, 1.82) is 0 Å². The van der Waals surface area contributed by atoms with Gasteiger partial charge in [-0.15, -0.1) is 11.3 Å². The summed E-state index contributed by atoms with van der Waals surface area (Å²) < 4.78 is 0. The van der Waals surface area contributed by atoms with E-state index in [2.05, 4.69) is 4.98 Å². The van der Waals surface area contributed by atoms with Crippen molar-refractivity contribution in [1.82, 2.24) is 4.98 Å². The molecule has 0 saturated heterocycles. The van der Waals surface area contributed by atoms with Crippen LogP contribution in [-0.2, 0) is 11.2 Å². The third-order valence-corrected chi connectivity index (χ3v) is 2.92. The Kier molecular flexibility index (Phi) is 3.31. The number of hydrogen-bond donors (Lipinski definition) is 1. The zero-order valence-corrected chi connectivity index (χ0v) is 9.41. The predicted molar refractivity (Wildman–Crippen MR) is 63.5 cm³/mol. The lowest BCUT2D eigenvalue weighted by Gasteiger charge is -2.05. The van der Waals surface area contributed by atoms with Gasteiger partial charge in [0.2, 0.25) is 0 Å². The summed E-state index contributed by atoms with van der Waals surface area (Å²) in [4.78, 5) is 14.8. The van der Waals surface area contributed by atoms with E-state index in [0.29, 0.717) is 6.42 Å². The number of nitrogens with zero attached hydrogens (tertiary/aromatic N) is 1. The van der Waals surface area contributed by atoms with Crippen molar-refractivity contribution in [3.05, 3.63) is 40.7 Å². The van der Waals surface area contributed by atoms with Gasteiger partial charge in [-0.2, -0.15) is 0 Å². The fraction of sp³-hybridized carbons (Fsp3) is 0.167. The molecule has 0 aliphatic carbocycles. The van der Waals surface area contributed by atoms with E-state index in [9.17, 15) is 4.79 Å². The molecule has 0 saturated carbocycles. The second kappa shape index (κ2) is 4.90. The number of aromatic nitrogens is 1. The number of carbonyl (C=O) groups is 1. The lowest BCUT2D eigenvalue weighted by molar-refractivity contribution is -0.136. The summed E-state index contributed by atoms with van der Waals surface area (Å²) in [5.41, 5.74) is 4.77. The fourth-order valence-corrected chi connectivity index (χ4v) is 2.13. The molecule has 2 aromatic rings. The SMILES string of the molecule is O=C(O)CCc1ccccc1-c1cscn1. The maximum Gasteiger partial charge on any atom is 0.303 e. The first-order valence-corrected chi connectivity index (χ1v) is 5.90. The average Bonchev–Trinajstić information content (AvgIpc) is 2.80. The molecule has 0 amide bonds. The fourth-order valence-electron chi connectivity index (χ4n) is 1.58. The van der Waals surface area contributed by atoms with E-state index in [0.717, 1.165) is 16.8 Å². The number of carboxylic acid groups (broad SMARTS) is 1. The molecule has 0 fully saturated rings. The Balaban J connectivity index is 2.27. The van der Waals surface area contributed by atoms with Crippen LogP contribution < -0.4 is 0 Å². The Morgan fingerprint density at radius 3 is 2.88 bits per heavy atom. The standard InChI is InChI=1S/C12H11NO2S/c14-12(15)6-5-9-3-1-2-4-10(9)11-7-16-8-13-11/h1-4,7-8H,5-6H2,(H,14,15). The second-order valence-corrected chi connectivity index (χ2v) is 4.14. The molecule has 0 unspecified atom stereocenters. The van der Waals surface area contributed by atoms with Crippen LogP contribution in [0.3, 0.4) is 0 Å². The molecule has 1 aromatic carbocycles. The molecule has 3 nitrogen and oxygen atoms in total. The Morgan fingerprint density at radius 2 is 2.19 bits per heavy atom. The molecule has 1 aromatic heterocycles. The van der Waals surface area contributed by atoms with Crippen LogP contribution in [-0.4, -0.2) is 16.1 Å². The predicted octanol–water partition coefficient (Wildman–Crippen LogP) is 2.83. The van der Waals surface area contributed by atoms with Crippen molar-refractivity contribution < 1.29 is 9.90 Å². The minimum atomic E-state index is -0.770. The van der Waals surface area contributed by atoms with Crippen molar-refractivity contribution in [3.8, 4) is 11.3 Å². The third kappa shape index (κ3) is 2.46. The number of thiazole rings is 1. The van der Waals surface area contributed by atoms with Gasteiger partial charge in [0.15, 0.2) is 0 Å². The van der Waals surface area contributed by atoms with Crippen molar-refractivity contribution in [2.24, 2.45) is 0 Å². The highest BCUT2D eigenvalue weighted by Crippen LogP contribution is 2.24. The maximum absolute atomic E-state index is 10.6. The highest BCUT2D eigenvalue weighted by Gasteiger charge is 2.07. The van der Waals surface area contributed by atoms with E-state index >= 15 is 0 Å². The smallest absolute Gasteiger partial charge is 0.303 e. The summed E-state index contributed by atoms with van der Waals surface area (Å²) in [5.74, 6) is -0.770. The van der Waals surface area contributed by atoms with Gasteiger partial charge in [-0.1, -0.05) is 24.3 Å². The van der Waals surface area contributed by atoms with Crippen LogP contribution in [0.4, 0.5) is 0 Å². The van der Waals surface area contributed by atoms with Gasteiger partial charge in [-0.3, -0.25) is 4.79 Å². The van der Waals surface area contributed by atoms with E-state index in [-0.39, 0.29) is 6.42 Å². The summed E-state index contributed by atoms with van der Waals surface area (Å²) in [5, 5.41) is 10.7. The zero-order chi connectivity index (χ0) is 11.4. The first-order valence-electron chi connectivity index (χ1n) is 4.95. The monoisotopic (exact) mass is 233 g/mol. The van der Waals surface area contributed by atoms with E-state index in [1.54, 1.807) is 16.8 Å². The van der Waals surface area contributed by atoms with Gasteiger partial charge < -0.3 is 5.11 Å². The molecule has 0 aliphatic rings. The van der Waals surface area contributed by atoms with E-state index in [4.69, 9.17) is 5.11 Å². The Hall–Kier alpha value is -1.68. The van der Waals surface area contributed by atoms with E-state index in [1.807, 2.05) is 29.6 Å². The molecule has 2 rings (SSSR count). The molecule has 0 aliphatic heterocycles. The van der Waals surface area contributed by atoms with Crippen molar-refractivity contribution in [2.75, 3.05) is 0 Å². The van der Waals surface area contributed by atoms with Gasteiger partial charge >= 0.3 is 5.97 Å². The van der Waals surface area contributed by atoms with Crippen LogP contribution in [0.25, 0.3) is 11.3 Å². The quantitative estimate of drug-likeness (QED) is 0.883. The molecule has 82 valence electrons. The minimum Gasteiger partial charge on any atom is -0.481 e. The number of carboxylic acids is 1. The number of benzene rings is 1. The van der Waals surface area contributed by atoms with E-state index in [1.165, 1.54) is 0 Å². The minimum absolute atomic E-state index is 0.154. The summed E-state index contributed by atoms with van der Waals surface area (Å²) in [6, 6.07) is 7.80. The van der Waals surface area contributed by atoms with Gasteiger partial charge in [0.1, 0.15) is 0 Å². The Labute approximate surface area is 97.4 Å². The molecule has 0 spiro atoms. The molecular weight excluding hydrogens is 222 g/mol. The molecule has 0 radical (unpaired) electrons. The maximum atomic E-state index is 10.6. The first-order chi connectivity index (χ1) is 7.77. The average molecular weight is 233 g/mol. The molecule has 16 heavy (non-hydrogen) atoms. The molecule has 1 heterocycles. The lowest BCUT2D eigenvalue weighted by atomic mass is 10.0. The molecule has 4 heteroatoms. The Bertz CT molecular complexity index is 480. The molecule has 1 N–H and O–H groups in total. The van der Waals surface area contributed by atoms with Gasteiger partial charge in [0.05, 0.1) is 11.2 Å². The Morgan fingerprint density at radius 1 is 1.38 bits per heavy atom. The highest BCUT2D eigenvalue weighted by molar-refractivity contribution is 7.07. The number of hydrogen-bond acceptors (Lipinski definition) is 3. The topological polar surface area (TPSA) is 50.2 Å². The summed E-state index contributed by atoms with van der Waals surface area (Å²) in [6.45, 7) is 0. The van der Waals surface area contributed by atoms with Crippen LogP contribution in [0.15, 0.2) is 35.2 Å². The van der Waals surface area contributed by atoms with Crippen molar-refractivity contribution in [3.63, 3.8) is 0 Å². The number of rotatable bonds is 4. The summed E-state index contributed by atoms with van der Waals surface area (Å²) >= 11 is 1.54. The van der Waals surface area contributed by atoms with Crippen LogP contribution in [0.5, 0.6) is 0 Å². The highest BCUT2D eigenvalue weighted by atomic mass is 32.1. The van der Waals surface area contributed by atoms with Crippen LogP contribution >= 0.6 is 11.3 Å². The second-order valence-electron chi connectivity index (χ2n) is 3.42. The van der Waals surface area contributed by atoms with Crippen LogP contribution in [0.1, 0.15) is 12.0 Å². The third-order valence-electron chi connectivity index (χ3n) is 2.33. The van der Waals surface area contributed by atoms with Gasteiger partial charge in [-0.05, 0) is 12.0 Å². The first kappa shape index (κ1) is 10.8. The zero-order valence-electron chi connectivity index (χ0n) is 8.59. The van der Waals surface area contributed by atoms with Crippen LogP contribution in [0.2, 0.25) is 0 Å². The largest absolute Gasteiger partial charge is 0.481 e.